The number of aromatic nitrogens is 3. The number of nitrogens with one attached hydrogen (secondary N) is 1. The highest BCUT2D eigenvalue weighted by atomic mass is 16.7. The lowest BCUT2D eigenvalue weighted by Crippen LogP contribution is -2.52. The number of hydrogen-bond acceptors (Lipinski definition) is 5. The molecule has 19 heavy (non-hydrogen) atoms. The summed E-state index contributed by atoms with van der Waals surface area (Å²) in [5.41, 5.74) is -1.96. The zero-order valence-corrected chi connectivity index (χ0v) is 11.1. The molecule has 8 nitrogen and oxygen atoms in total. The molecule has 0 radical (unpaired) electrons. The zero-order valence-electron chi connectivity index (χ0n) is 11.1. The monoisotopic (exact) mass is 269 g/mol. The van der Waals surface area contributed by atoms with Crippen LogP contribution in [0.3, 0.4) is 0 Å². The van der Waals surface area contributed by atoms with Gasteiger partial charge in [0.1, 0.15) is 0 Å². The average Bonchev–Trinajstić information content (AvgIpc) is 2.33. The molecule has 1 aromatic rings. The lowest BCUT2D eigenvalue weighted by Gasteiger charge is -2.07. The van der Waals surface area contributed by atoms with Crippen LogP contribution in [0.1, 0.15) is 27.7 Å². The summed E-state index contributed by atoms with van der Waals surface area (Å²) in [7, 11) is 0. The minimum absolute atomic E-state index is 0.0492. The van der Waals surface area contributed by atoms with Gasteiger partial charge in [-0.1, -0.05) is 10.3 Å². The third-order valence-corrected chi connectivity index (χ3v) is 2.59. The molecule has 0 fully saturated rings. The maximum atomic E-state index is 11.8. The SMILES string of the molecule is CCn1c(=O)[nH]c(=O)n(OC(=O)C(C)=C(C)C)c1=O. The normalized spacial score (nSPS) is 10.1. The quantitative estimate of drug-likeness (QED) is 0.711. The van der Waals surface area contributed by atoms with E-state index in [0.717, 1.165) is 4.57 Å². The maximum Gasteiger partial charge on any atom is 0.370 e. The average molecular weight is 269 g/mol. The molecule has 0 spiro atoms. The Morgan fingerprint density at radius 1 is 1.16 bits per heavy atom. The fraction of sp³-hybridized carbons (Fsp3) is 0.455. The van der Waals surface area contributed by atoms with Gasteiger partial charge in [-0.2, -0.15) is 0 Å². The van der Waals surface area contributed by atoms with Crippen molar-refractivity contribution < 1.29 is 9.63 Å². The van der Waals surface area contributed by atoms with Gasteiger partial charge in [-0.05, 0) is 27.7 Å². The third kappa shape index (κ3) is 2.90. The van der Waals surface area contributed by atoms with E-state index < -0.39 is 23.0 Å². The summed E-state index contributed by atoms with van der Waals surface area (Å²) in [6, 6.07) is 0. The van der Waals surface area contributed by atoms with Crippen molar-refractivity contribution in [2.75, 3.05) is 0 Å². The molecule has 0 aliphatic carbocycles. The van der Waals surface area contributed by atoms with E-state index in [-0.39, 0.29) is 16.8 Å². The third-order valence-electron chi connectivity index (χ3n) is 2.59. The predicted molar refractivity (Wildman–Crippen MR) is 66.9 cm³/mol. The molecule has 8 heteroatoms. The van der Waals surface area contributed by atoms with Gasteiger partial charge in [0.2, 0.25) is 0 Å². The molecule has 0 bridgehead atoms. The summed E-state index contributed by atoms with van der Waals surface area (Å²) in [5, 5.41) is 0. The number of allylic oxidation sites excluding steroid dienone is 1. The van der Waals surface area contributed by atoms with Crippen LogP contribution in [0.4, 0.5) is 0 Å². The Morgan fingerprint density at radius 3 is 2.21 bits per heavy atom. The Kier molecular flexibility index (Phi) is 4.26. The largest absolute Gasteiger partial charge is 0.370 e. The summed E-state index contributed by atoms with van der Waals surface area (Å²) in [5.74, 6) is -0.825. The summed E-state index contributed by atoms with van der Waals surface area (Å²) >= 11 is 0. The first-order valence-corrected chi connectivity index (χ1v) is 5.62. The van der Waals surface area contributed by atoms with E-state index in [0.29, 0.717) is 5.57 Å². The van der Waals surface area contributed by atoms with Crippen molar-refractivity contribution in [2.24, 2.45) is 0 Å². The van der Waals surface area contributed by atoms with Gasteiger partial charge in [-0.3, -0.25) is 4.98 Å². The summed E-state index contributed by atoms with van der Waals surface area (Å²) in [6.45, 7) is 6.49. The lowest BCUT2D eigenvalue weighted by atomic mass is 10.2. The van der Waals surface area contributed by atoms with Crippen molar-refractivity contribution in [2.45, 2.75) is 34.2 Å². The molecule has 0 aromatic carbocycles. The Morgan fingerprint density at radius 2 is 1.74 bits per heavy atom. The predicted octanol–water partition coefficient (Wildman–Crippen LogP) is -0.970. The number of H-pyrrole nitrogens is 1. The van der Waals surface area contributed by atoms with Crippen molar-refractivity contribution in [3.05, 3.63) is 42.6 Å². The minimum atomic E-state index is -1.09. The van der Waals surface area contributed by atoms with Gasteiger partial charge in [0.05, 0.1) is 0 Å². The molecule has 0 amide bonds. The molecule has 104 valence electrons. The van der Waals surface area contributed by atoms with E-state index in [4.69, 9.17) is 4.84 Å². The zero-order chi connectivity index (χ0) is 14.7. The second-order valence-corrected chi connectivity index (χ2v) is 4.06. The Labute approximate surface area is 107 Å². The van der Waals surface area contributed by atoms with Gasteiger partial charge in [0.25, 0.3) is 0 Å². The molecule has 1 aromatic heterocycles. The molecule has 0 aliphatic rings. The van der Waals surface area contributed by atoms with E-state index in [1.165, 1.54) is 6.92 Å². The van der Waals surface area contributed by atoms with Crippen LogP contribution < -0.4 is 21.9 Å². The molecule has 0 atom stereocenters. The highest BCUT2D eigenvalue weighted by Gasteiger charge is 2.15. The van der Waals surface area contributed by atoms with Gasteiger partial charge in [-0.25, -0.2) is 23.7 Å². The van der Waals surface area contributed by atoms with Crippen LogP contribution in [-0.4, -0.2) is 20.3 Å². The van der Waals surface area contributed by atoms with Crippen LogP contribution in [0.2, 0.25) is 0 Å². The molecule has 0 saturated carbocycles. The van der Waals surface area contributed by atoms with Gasteiger partial charge in [0.15, 0.2) is 0 Å². The molecule has 1 heterocycles. The number of carbonyl (C=O) groups is 1. The van der Waals surface area contributed by atoms with Gasteiger partial charge in [0, 0.05) is 12.1 Å². The van der Waals surface area contributed by atoms with Crippen LogP contribution in [0.25, 0.3) is 0 Å². The summed E-state index contributed by atoms with van der Waals surface area (Å²) < 4.78 is 0.978. The summed E-state index contributed by atoms with van der Waals surface area (Å²) in [6.07, 6.45) is 0. The number of carbonyl (C=O) groups excluding carboxylic acids is 1. The molecular formula is C11H15N3O5. The standard InChI is InChI=1S/C11H15N3O5/c1-5-13-9(16)12-10(17)14(11(13)18)19-8(15)7(4)6(2)3/h5H2,1-4H3,(H,12,16,17). The van der Waals surface area contributed by atoms with Gasteiger partial charge in [-0.15, -0.1) is 0 Å². The van der Waals surface area contributed by atoms with Crippen LogP contribution in [0, 0.1) is 0 Å². The first-order chi connectivity index (χ1) is 8.79. The minimum Gasteiger partial charge on any atom is -0.322 e. The molecule has 0 aliphatic heterocycles. The van der Waals surface area contributed by atoms with Crippen LogP contribution in [-0.2, 0) is 11.3 Å². The van der Waals surface area contributed by atoms with Crippen molar-refractivity contribution in [1.29, 1.82) is 0 Å². The number of hydrogen-bond donors (Lipinski definition) is 1. The van der Waals surface area contributed by atoms with Crippen molar-refractivity contribution in [3.8, 4) is 0 Å². The Bertz CT molecular complexity index is 700. The smallest absolute Gasteiger partial charge is 0.322 e. The van der Waals surface area contributed by atoms with Crippen molar-refractivity contribution in [3.63, 3.8) is 0 Å². The fourth-order valence-electron chi connectivity index (χ4n) is 1.21. The van der Waals surface area contributed by atoms with E-state index in [1.807, 2.05) is 4.98 Å². The topological polar surface area (TPSA) is 103 Å². The van der Waals surface area contributed by atoms with Crippen molar-refractivity contribution in [1.82, 2.24) is 14.3 Å². The molecular weight excluding hydrogens is 254 g/mol. The maximum absolute atomic E-state index is 11.8. The second kappa shape index (κ2) is 5.51. The number of nitrogens with zero attached hydrogens (tertiary/aromatic N) is 2. The van der Waals surface area contributed by atoms with Gasteiger partial charge < -0.3 is 4.84 Å². The highest BCUT2D eigenvalue weighted by molar-refractivity contribution is 5.88. The van der Waals surface area contributed by atoms with Crippen molar-refractivity contribution >= 4 is 5.97 Å². The first kappa shape index (κ1) is 14.7. The molecule has 0 unspecified atom stereocenters. The highest BCUT2D eigenvalue weighted by Crippen LogP contribution is 2.01. The van der Waals surface area contributed by atoms with E-state index in [2.05, 4.69) is 0 Å². The molecule has 0 saturated heterocycles. The summed E-state index contributed by atoms with van der Waals surface area (Å²) in [4.78, 5) is 52.8. The Hall–Kier alpha value is -2.38. The molecule has 1 rings (SSSR count). The van der Waals surface area contributed by atoms with Crippen LogP contribution in [0.5, 0.6) is 0 Å². The molecule has 1 N–H and O–H groups in total. The number of aromatic amines is 1. The number of rotatable bonds is 3. The van der Waals surface area contributed by atoms with Gasteiger partial charge >= 0.3 is 23.0 Å². The second-order valence-electron chi connectivity index (χ2n) is 4.06. The van der Waals surface area contributed by atoms with Crippen LogP contribution in [0.15, 0.2) is 25.5 Å². The van der Waals surface area contributed by atoms with Crippen LogP contribution >= 0.6 is 0 Å². The van der Waals surface area contributed by atoms with E-state index >= 15 is 0 Å². The lowest BCUT2D eigenvalue weighted by molar-refractivity contribution is -0.140. The fourth-order valence-corrected chi connectivity index (χ4v) is 1.21. The first-order valence-electron chi connectivity index (χ1n) is 5.62. The Balaban J connectivity index is 3.36. The van der Waals surface area contributed by atoms with E-state index in [1.54, 1.807) is 20.8 Å². The van der Waals surface area contributed by atoms with E-state index in [9.17, 15) is 19.2 Å².